The summed E-state index contributed by atoms with van der Waals surface area (Å²) >= 11 is 6.18. The van der Waals surface area contributed by atoms with Gasteiger partial charge >= 0.3 is 0 Å². The number of fused-ring (bicyclic) bond motifs is 1. The third kappa shape index (κ3) is 4.12. The first-order valence-corrected chi connectivity index (χ1v) is 8.74. The molecule has 134 valence electrons. The number of pyridine rings is 1. The number of carbonyl (C=O) groups is 1. The van der Waals surface area contributed by atoms with Gasteiger partial charge in [0.25, 0.3) is 0 Å². The third-order valence-electron chi connectivity index (χ3n) is 4.19. The number of aromatic nitrogens is 2. The number of imidazole rings is 1. The van der Waals surface area contributed by atoms with Gasteiger partial charge in [-0.1, -0.05) is 48.0 Å². The summed E-state index contributed by atoms with van der Waals surface area (Å²) in [6.45, 7) is 0.515. The minimum absolute atomic E-state index is 0.105. The molecule has 1 N–H and O–H groups in total. The minimum atomic E-state index is -0.172. The molecule has 0 saturated carbocycles. The van der Waals surface area contributed by atoms with Gasteiger partial charge in [-0.05, 0) is 37.9 Å². The molecule has 1 unspecified atom stereocenters. The van der Waals surface area contributed by atoms with Crippen LogP contribution in [-0.4, -0.2) is 40.8 Å². The highest BCUT2D eigenvalue weighted by Gasteiger charge is 2.14. The van der Waals surface area contributed by atoms with Crippen molar-refractivity contribution in [1.82, 2.24) is 19.6 Å². The van der Waals surface area contributed by atoms with Gasteiger partial charge in [0.1, 0.15) is 5.65 Å². The molecular formula is C20H21ClN4O. The van der Waals surface area contributed by atoms with E-state index in [0.29, 0.717) is 17.4 Å². The zero-order chi connectivity index (χ0) is 18.5. The van der Waals surface area contributed by atoms with Crippen LogP contribution in [0.25, 0.3) is 11.7 Å². The van der Waals surface area contributed by atoms with Crippen LogP contribution in [0.4, 0.5) is 0 Å². The van der Waals surface area contributed by atoms with E-state index in [-0.39, 0.29) is 11.9 Å². The summed E-state index contributed by atoms with van der Waals surface area (Å²) in [6.07, 6.45) is 5.04. The lowest BCUT2D eigenvalue weighted by molar-refractivity contribution is -0.116. The maximum absolute atomic E-state index is 12.3. The first kappa shape index (κ1) is 18.2. The third-order valence-corrected chi connectivity index (χ3v) is 4.47. The van der Waals surface area contributed by atoms with Crippen LogP contribution in [0.3, 0.4) is 0 Å². The van der Waals surface area contributed by atoms with Crippen LogP contribution in [0.5, 0.6) is 0 Å². The molecule has 0 bridgehead atoms. The van der Waals surface area contributed by atoms with E-state index in [4.69, 9.17) is 11.6 Å². The molecule has 0 aliphatic heterocycles. The molecule has 2 heterocycles. The first-order chi connectivity index (χ1) is 12.6. The van der Waals surface area contributed by atoms with E-state index in [1.807, 2.05) is 61.1 Å². The summed E-state index contributed by atoms with van der Waals surface area (Å²) in [7, 11) is 4.00. The Morgan fingerprint density at radius 1 is 1.23 bits per heavy atom. The lowest BCUT2D eigenvalue weighted by atomic mass is 10.1. The summed E-state index contributed by atoms with van der Waals surface area (Å²) in [6, 6.07) is 15.9. The van der Waals surface area contributed by atoms with Gasteiger partial charge in [-0.3, -0.25) is 9.20 Å². The van der Waals surface area contributed by atoms with Crippen LogP contribution in [0.2, 0.25) is 5.15 Å². The molecule has 2 aromatic heterocycles. The number of hydrogen-bond donors (Lipinski definition) is 1. The highest BCUT2D eigenvalue weighted by molar-refractivity contribution is 6.31. The molecular weight excluding hydrogens is 348 g/mol. The Morgan fingerprint density at radius 3 is 2.69 bits per heavy atom. The smallest absolute Gasteiger partial charge is 0.244 e. The Bertz CT molecular complexity index is 918. The van der Waals surface area contributed by atoms with Crippen molar-refractivity contribution in [2.45, 2.75) is 6.04 Å². The molecule has 0 aliphatic rings. The number of halogens is 1. The second kappa shape index (κ2) is 8.17. The largest absolute Gasteiger partial charge is 0.351 e. The van der Waals surface area contributed by atoms with Crippen molar-refractivity contribution in [3.8, 4) is 0 Å². The van der Waals surface area contributed by atoms with Gasteiger partial charge < -0.3 is 10.2 Å². The van der Waals surface area contributed by atoms with E-state index in [1.165, 1.54) is 6.08 Å². The predicted octanol–water partition coefficient (Wildman–Crippen LogP) is 3.42. The molecule has 6 heteroatoms. The lowest BCUT2D eigenvalue weighted by Crippen LogP contribution is -2.33. The van der Waals surface area contributed by atoms with Crippen molar-refractivity contribution in [2.75, 3.05) is 20.6 Å². The number of carbonyl (C=O) groups excluding carboxylic acids is 1. The lowest BCUT2D eigenvalue weighted by Gasteiger charge is -2.24. The maximum atomic E-state index is 12.3. The van der Waals surface area contributed by atoms with Crippen molar-refractivity contribution >= 4 is 29.2 Å². The Labute approximate surface area is 157 Å². The second-order valence-electron chi connectivity index (χ2n) is 6.19. The van der Waals surface area contributed by atoms with Crippen LogP contribution in [-0.2, 0) is 4.79 Å². The molecule has 1 aromatic carbocycles. The summed E-state index contributed by atoms with van der Waals surface area (Å²) in [5.41, 5.74) is 2.59. The quantitative estimate of drug-likeness (QED) is 0.678. The van der Waals surface area contributed by atoms with Crippen LogP contribution in [0.15, 0.2) is 60.8 Å². The monoisotopic (exact) mass is 368 g/mol. The zero-order valence-electron chi connectivity index (χ0n) is 14.8. The van der Waals surface area contributed by atoms with E-state index in [2.05, 4.69) is 27.3 Å². The van der Waals surface area contributed by atoms with E-state index < -0.39 is 0 Å². The minimum Gasteiger partial charge on any atom is -0.351 e. The molecule has 1 atom stereocenters. The molecule has 0 radical (unpaired) electrons. The van der Waals surface area contributed by atoms with E-state index in [1.54, 1.807) is 6.08 Å². The van der Waals surface area contributed by atoms with Gasteiger partial charge in [0.15, 0.2) is 5.15 Å². The van der Waals surface area contributed by atoms with Crippen molar-refractivity contribution in [1.29, 1.82) is 0 Å². The summed E-state index contributed by atoms with van der Waals surface area (Å²) < 4.78 is 1.85. The molecule has 5 nitrogen and oxygen atoms in total. The Morgan fingerprint density at radius 2 is 1.96 bits per heavy atom. The second-order valence-corrected chi connectivity index (χ2v) is 6.54. The van der Waals surface area contributed by atoms with Gasteiger partial charge in [0.2, 0.25) is 5.91 Å². The molecule has 0 fully saturated rings. The SMILES string of the molecule is CN(C)C(CNC(=O)/C=C/c1c(Cl)nc2ccccn12)c1ccccc1. The molecule has 0 aliphatic carbocycles. The van der Waals surface area contributed by atoms with E-state index in [0.717, 1.165) is 11.2 Å². The highest BCUT2D eigenvalue weighted by Crippen LogP contribution is 2.19. The fourth-order valence-electron chi connectivity index (χ4n) is 2.82. The first-order valence-electron chi connectivity index (χ1n) is 8.36. The van der Waals surface area contributed by atoms with Crippen LogP contribution >= 0.6 is 11.6 Å². The number of benzene rings is 1. The molecule has 3 aromatic rings. The van der Waals surface area contributed by atoms with Crippen molar-refractivity contribution in [2.24, 2.45) is 0 Å². The molecule has 3 rings (SSSR count). The Kier molecular flexibility index (Phi) is 5.71. The fraction of sp³-hybridized carbons (Fsp3) is 0.200. The average molecular weight is 369 g/mol. The van der Waals surface area contributed by atoms with E-state index in [9.17, 15) is 4.79 Å². The number of nitrogens with one attached hydrogen (secondary N) is 1. The van der Waals surface area contributed by atoms with Gasteiger partial charge in [-0.15, -0.1) is 0 Å². The number of amides is 1. The van der Waals surface area contributed by atoms with Gasteiger partial charge in [0, 0.05) is 18.8 Å². The fourth-order valence-corrected chi connectivity index (χ4v) is 3.06. The Balaban J connectivity index is 1.68. The van der Waals surface area contributed by atoms with E-state index >= 15 is 0 Å². The highest BCUT2D eigenvalue weighted by atomic mass is 35.5. The normalized spacial score (nSPS) is 12.8. The summed E-state index contributed by atoms with van der Waals surface area (Å²) in [4.78, 5) is 18.6. The van der Waals surface area contributed by atoms with Gasteiger partial charge in [-0.2, -0.15) is 0 Å². The number of nitrogens with zero attached hydrogens (tertiary/aromatic N) is 3. The topological polar surface area (TPSA) is 49.6 Å². The van der Waals surface area contributed by atoms with Crippen LogP contribution in [0, 0.1) is 0 Å². The van der Waals surface area contributed by atoms with Crippen LogP contribution < -0.4 is 5.32 Å². The molecule has 0 saturated heterocycles. The van der Waals surface area contributed by atoms with Gasteiger partial charge in [0.05, 0.1) is 11.7 Å². The molecule has 26 heavy (non-hydrogen) atoms. The van der Waals surface area contributed by atoms with Crippen molar-refractivity contribution in [3.63, 3.8) is 0 Å². The predicted molar refractivity (Wildman–Crippen MR) is 105 cm³/mol. The molecule has 1 amide bonds. The zero-order valence-corrected chi connectivity index (χ0v) is 15.5. The van der Waals surface area contributed by atoms with Gasteiger partial charge in [-0.25, -0.2) is 4.98 Å². The Hall–Kier alpha value is -2.63. The standard InChI is InChI=1S/C20H21ClN4O/c1-24(2)17(15-8-4-3-5-9-15)14-22-19(26)12-11-16-20(21)23-18-10-6-7-13-25(16)18/h3-13,17H,14H2,1-2H3,(H,22,26)/b12-11+. The average Bonchev–Trinajstić information content (AvgIpc) is 2.96. The maximum Gasteiger partial charge on any atom is 0.244 e. The summed E-state index contributed by atoms with van der Waals surface area (Å²) in [5, 5.41) is 3.32. The van der Waals surface area contributed by atoms with Crippen LogP contribution in [0.1, 0.15) is 17.3 Å². The van der Waals surface area contributed by atoms with Crippen molar-refractivity contribution < 1.29 is 4.79 Å². The number of likely N-dealkylation sites (N-methyl/N-ethyl adjacent to an activating group) is 1. The van der Waals surface area contributed by atoms with Crippen molar-refractivity contribution in [3.05, 3.63) is 77.2 Å². The number of hydrogen-bond acceptors (Lipinski definition) is 3. The summed E-state index contributed by atoms with van der Waals surface area (Å²) in [5.74, 6) is -0.172. The molecule has 0 spiro atoms. The number of rotatable bonds is 6.